The van der Waals surface area contributed by atoms with Crippen LogP contribution >= 0.6 is 0 Å². The summed E-state index contributed by atoms with van der Waals surface area (Å²) in [4.78, 5) is 0. The Bertz CT molecular complexity index is 160. The van der Waals surface area contributed by atoms with Crippen molar-refractivity contribution in [3.05, 3.63) is 0 Å². The lowest BCUT2D eigenvalue weighted by atomic mass is 9.78. The Labute approximate surface area is 73.5 Å². The van der Waals surface area contributed by atoms with Crippen LogP contribution in [0, 0.1) is 5.92 Å². The molecular formula is C9H18N2O. The standard InChI is InChI=1S/C9H18N2O/c1-9(12,7-5-10-6-7)8-3-2-4-11-8/h7-8,10-12H,2-6H2,1H3. The monoisotopic (exact) mass is 170 g/mol. The zero-order chi connectivity index (χ0) is 8.60. The number of hydrogen-bond donors (Lipinski definition) is 3. The van der Waals surface area contributed by atoms with E-state index in [1.807, 2.05) is 6.92 Å². The molecule has 2 heterocycles. The predicted molar refractivity (Wildman–Crippen MR) is 48.0 cm³/mol. The molecule has 0 saturated carbocycles. The largest absolute Gasteiger partial charge is 0.388 e. The van der Waals surface area contributed by atoms with Gasteiger partial charge in [0.15, 0.2) is 0 Å². The minimum Gasteiger partial charge on any atom is -0.388 e. The Morgan fingerprint density at radius 2 is 2.17 bits per heavy atom. The molecular weight excluding hydrogens is 152 g/mol. The maximum Gasteiger partial charge on any atom is 0.0824 e. The molecule has 3 nitrogen and oxygen atoms in total. The molecule has 0 bridgehead atoms. The molecule has 2 rings (SSSR count). The highest BCUT2D eigenvalue weighted by Crippen LogP contribution is 2.28. The molecule has 2 aliphatic heterocycles. The fourth-order valence-corrected chi connectivity index (χ4v) is 2.17. The summed E-state index contributed by atoms with van der Waals surface area (Å²) < 4.78 is 0. The van der Waals surface area contributed by atoms with Crippen LogP contribution in [-0.2, 0) is 0 Å². The zero-order valence-corrected chi connectivity index (χ0v) is 7.64. The van der Waals surface area contributed by atoms with Crippen LogP contribution in [0.15, 0.2) is 0 Å². The number of rotatable bonds is 2. The third-order valence-electron chi connectivity index (χ3n) is 3.37. The molecule has 0 aromatic carbocycles. The molecule has 2 unspecified atom stereocenters. The number of hydrogen-bond acceptors (Lipinski definition) is 3. The molecule has 2 fully saturated rings. The van der Waals surface area contributed by atoms with Crippen LogP contribution in [0.25, 0.3) is 0 Å². The topological polar surface area (TPSA) is 44.3 Å². The normalized spacial score (nSPS) is 36.0. The van der Waals surface area contributed by atoms with Crippen molar-refractivity contribution in [2.24, 2.45) is 5.92 Å². The molecule has 2 aliphatic rings. The first-order valence-corrected chi connectivity index (χ1v) is 4.88. The second-order valence-electron chi connectivity index (χ2n) is 4.23. The molecule has 70 valence electrons. The lowest BCUT2D eigenvalue weighted by Crippen LogP contribution is -2.61. The van der Waals surface area contributed by atoms with Gasteiger partial charge in [-0.3, -0.25) is 0 Å². The average molecular weight is 170 g/mol. The van der Waals surface area contributed by atoms with E-state index < -0.39 is 5.60 Å². The molecule has 0 amide bonds. The minimum absolute atomic E-state index is 0.324. The fourth-order valence-electron chi connectivity index (χ4n) is 2.17. The predicted octanol–water partition coefficient (Wildman–Crippen LogP) is -0.291. The van der Waals surface area contributed by atoms with Crippen molar-refractivity contribution in [2.75, 3.05) is 19.6 Å². The first-order chi connectivity index (χ1) is 5.71. The third-order valence-corrected chi connectivity index (χ3v) is 3.37. The second-order valence-corrected chi connectivity index (χ2v) is 4.23. The fraction of sp³-hybridized carbons (Fsp3) is 1.00. The van der Waals surface area contributed by atoms with Gasteiger partial charge in [0.1, 0.15) is 0 Å². The van der Waals surface area contributed by atoms with Crippen LogP contribution < -0.4 is 10.6 Å². The van der Waals surface area contributed by atoms with Crippen molar-refractivity contribution in [2.45, 2.75) is 31.4 Å². The van der Waals surface area contributed by atoms with Gasteiger partial charge < -0.3 is 15.7 Å². The first kappa shape index (κ1) is 8.48. The highest BCUT2D eigenvalue weighted by Gasteiger charge is 2.43. The lowest BCUT2D eigenvalue weighted by molar-refractivity contribution is -0.0486. The lowest BCUT2D eigenvalue weighted by Gasteiger charge is -2.43. The van der Waals surface area contributed by atoms with E-state index in [1.54, 1.807) is 0 Å². The van der Waals surface area contributed by atoms with Crippen LogP contribution in [0.3, 0.4) is 0 Å². The van der Waals surface area contributed by atoms with Crippen LogP contribution in [-0.4, -0.2) is 36.4 Å². The maximum atomic E-state index is 10.2. The summed E-state index contributed by atoms with van der Waals surface area (Å²) in [6.45, 7) is 5.00. The van der Waals surface area contributed by atoms with Gasteiger partial charge in [-0.05, 0) is 26.3 Å². The summed E-state index contributed by atoms with van der Waals surface area (Å²) in [5.74, 6) is 0.452. The summed E-state index contributed by atoms with van der Waals surface area (Å²) >= 11 is 0. The van der Waals surface area contributed by atoms with Crippen molar-refractivity contribution in [3.8, 4) is 0 Å². The van der Waals surface area contributed by atoms with E-state index in [0.29, 0.717) is 12.0 Å². The van der Waals surface area contributed by atoms with Crippen LogP contribution in [0.4, 0.5) is 0 Å². The molecule has 3 heteroatoms. The van der Waals surface area contributed by atoms with Crippen LogP contribution in [0.1, 0.15) is 19.8 Å². The Morgan fingerprint density at radius 1 is 1.42 bits per heavy atom. The maximum absolute atomic E-state index is 10.2. The van der Waals surface area contributed by atoms with Gasteiger partial charge in [0, 0.05) is 25.0 Å². The highest BCUT2D eigenvalue weighted by atomic mass is 16.3. The smallest absolute Gasteiger partial charge is 0.0824 e. The van der Waals surface area contributed by atoms with Gasteiger partial charge in [-0.15, -0.1) is 0 Å². The summed E-state index contributed by atoms with van der Waals surface area (Å²) in [5.41, 5.74) is -0.498. The van der Waals surface area contributed by atoms with E-state index in [9.17, 15) is 5.11 Å². The Hall–Kier alpha value is -0.120. The molecule has 0 aliphatic carbocycles. The van der Waals surface area contributed by atoms with E-state index in [-0.39, 0.29) is 0 Å². The third kappa shape index (κ3) is 1.26. The average Bonchev–Trinajstić information content (AvgIpc) is 2.30. The molecule has 0 radical (unpaired) electrons. The minimum atomic E-state index is -0.498. The van der Waals surface area contributed by atoms with Crippen molar-refractivity contribution in [1.29, 1.82) is 0 Å². The van der Waals surface area contributed by atoms with Crippen molar-refractivity contribution >= 4 is 0 Å². The van der Waals surface area contributed by atoms with Crippen LogP contribution in [0.2, 0.25) is 0 Å². The molecule has 0 spiro atoms. The molecule has 2 saturated heterocycles. The Morgan fingerprint density at radius 3 is 2.58 bits per heavy atom. The molecule has 0 aromatic heterocycles. The Kier molecular flexibility index (Phi) is 2.10. The Balaban J connectivity index is 1.97. The SMILES string of the molecule is CC(O)(C1CNC1)C1CCCN1. The molecule has 12 heavy (non-hydrogen) atoms. The van der Waals surface area contributed by atoms with E-state index >= 15 is 0 Å². The highest BCUT2D eigenvalue weighted by molar-refractivity contribution is 5.00. The van der Waals surface area contributed by atoms with Crippen molar-refractivity contribution in [1.82, 2.24) is 10.6 Å². The molecule has 2 atom stereocenters. The van der Waals surface area contributed by atoms with Gasteiger partial charge >= 0.3 is 0 Å². The van der Waals surface area contributed by atoms with Gasteiger partial charge in [-0.2, -0.15) is 0 Å². The van der Waals surface area contributed by atoms with E-state index in [2.05, 4.69) is 10.6 Å². The van der Waals surface area contributed by atoms with Gasteiger partial charge in [0.2, 0.25) is 0 Å². The summed E-state index contributed by atoms with van der Waals surface area (Å²) in [7, 11) is 0. The van der Waals surface area contributed by atoms with E-state index in [0.717, 1.165) is 26.1 Å². The summed E-state index contributed by atoms with van der Waals surface area (Å²) in [6, 6.07) is 0.324. The van der Waals surface area contributed by atoms with Crippen LogP contribution in [0.5, 0.6) is 0 Å². The van der Waals surface area contributed by atoms with Gasteiger partial charge in [-0.1, -0.05) is 0 Å². The second kappa shape index (κ2) is 2.98. The van der Waals surface area contributed by atoms with Gasteiger partial charge in [-0.25, -0.2) is 0 Å². The molecule has 3 N–H and O–H groups in total. The van der Waals surface area contributed by atoms with Crippen molar-refractivity contribution < 1.29 is 5.11 Å². The van der Waals surface area contributed by atoms with Crippen molar-refractivity contribution in [3.63, 3.8) is 0 Å². The summed E-state index contributed by atoms with van der Waals surface area (Å²) in [5, 5.41) is 16.8. The van der Waals surface area contributed by atoms with E-state index in [4.69, 9.17) is 0 Å². The number of aliphatic hydroxyl groups is 1. The number of nitrogens with one attached hydrogen (secondary N) is 2. The van der Waals surface area contributed by atoms with E-state index in [1.165, 1.54) is 6.42 Å². The van der Waals surface area contributed by atoms with Gasteiger partial charge in [0.25, 0.3) is 0 Å². The first-order valence-electron chi connectivity index (χ1n) is 4.88. The molecule has 0 aromatic rings. The van der Waals surface area contributed by atoms with Gasteiger partial charge in [0.05, 0.1) is 5.60 Å². The summed E-state index contributed by atoms with van der Waals surface area (Å²) in [6.07, 6.45) is 2.34. The zero-order valence-electron chi connectivity index (χ0n) is 7.64. The quantitative estimate of drug-likeness (QED) is 0.533.